The molecule has 0 aliphatic rings. The van der Waals surface area contributed by atoms with Crippen LogP contribution in [0.15, 0.2) is 42.5 Å². The minimum absolute atomic E-state index is 0.119. The van der Waals surface area contributed by atoms with Crippen LogP contribution in [0.4, 0.5) is 4.79 Å². The molecule has 4 aromatic rings. The summed E-state index contributed by atoms with van der Waals surface area (Å²) in [7, 11) is 1.57. The highest BCUT2D eigenvalue weighted by molar-refractivity contribution is 7.26. The van der Waals surface area contributed by atoms with Crippen molar-refractivity contribution in [3.8, 4) is 28.5 Å². The predicted octanol–water partition coefficient (Wildman–Crippen LogP) is 4.96. The van der Waals surface area contributed by atoms with E-state index in [0.717, 1.165) is 20.3 Å². The molecule has 0 spiro atoms. The van der Waals surface area contributed by atoms with Crippen molar-refractivity contribution >= 4 is 37.8 Å². The van der Waals surface area contributed by atoms with Gasteiger partial charge in [0.2, 0.25) is 5.88 Å². The zero-order chi connectivity index (χ0) is 21.1. The second-order valence-corrected chi connectivity index (χ2v) is 7.40. The van der Waals surface area contributed by atoms with Gasteiger partial charge in [0.25, 0.3) is 0 Å². The van der Waals surface area contributed by atoms with E-state index in [1.54, 1.807) is 37.5 Å². The number of benzene rings is 2. The summed E-state index contributed by atoms with van der Waals surface area (Å²) in [6.07, 6.45) is -0.789. The van der Waals surface area contributed by atoms with Crippen LogP contribution in [0.1, 0.15) is 6.92 Å². The number of hydrogen-bond donors (Lipinski definition) is 2. The summed E-state index contributed by atoms with van der Waals surface area (Å²) in [4.78, 5) is 15.3. The van der Waals surface area contributed by atoms with E-state index in [-0.39, 0.29) is 25.7 Å². The molecule has 156 valence electrons. The van der Waals surface area contributed by atoms with E-state index in [9.17, 15) is 9.90 Å². The van der Waals surface area contributed by atoms with Crippen LogP contribution >= 0.6 is 11.3 Å². The van der Waals surface area contributed by atoms with Crippen LogP contribution in [0, 0.1) is 0 Å². The maximum Gasteiger partial charge on any atom is 0.515 e. The standard InChI is InChI=1S/C22H21NO6S/c1-3-27-22(25)29-21-18(14-9-8-13(26-2)12-16(14)28-11-10-24)20-19(23-21)15-6-4-5-7-17(15)30-20/h4-9,12,23-24H,3,10-11H2,1-2H3. The van der Waals surface area contributed by atoms with Crippen molar-refractivity contribution in [2.45, 2.75) is 6.92 Å². The highest BCUT2D eigenvalue weighted by Gasteiger charge is 2.24. The third kappa shape index (κ3) is 3.67. The van der Waals surface area contributed by atoms with Crippen molar-refractivity contribution in [3.63, 3.8) is 0 Å². The summed E-state index contributed by atoms with van der Waals surface area (Å²) < 4.78 is 23.6. The van der Waals surface area contributed by atoms with Gasteiger partial charge in [-0.2, -0.15) is 0 Å². The summed E-state index contributed by atoms with van der Waals surface area (Å²) in [5.41, 5.74) is 2.27. The lowest BCUT2D eigenvalue weighted by molar-refractivity contribution is 0.103. The van der Waals surface area contributed by atoms with Gasteiger partial charge in [-0.3, -0.25) is 0 Å². The largest absolute Gasteiger partial charge is 0.515 e. The normalized spacial score (nSPS) is 11.0. The minimum Gasteiger partial charge on any atom is -0.497 e. The second kappa shape index (κ2) is 8.64. The highest BCUT2D eigenvalue weighted by Crippen LogP contribution is 2.48. The zero-order valence-electron chi connectivity index (χ0n) is 16.6. The van der Waals surface area contributed by atoms with E-state index in [0.29, 0.717) is 22.6 Å². The number of aromatic nitrogens is 1. The molecule has 0 atom stereocenters. The van der Waals surface area contributed by atoms with Gasteiger partial charge in [0.05, 0.1) is 36.1 Å². The van der Waals surface area contributed by atoms with Gasteiger partial charge in [-0.05, 0) is 25.1 Å². The molecule has 0 saturated heterocycles. The Morgan fingerprint density at radius 2 is 2.03 bits per heavy atom. The number of H-pyrrole nitrogens is 1. The number of rotatable bonds is 7. The van der Waals surface area contributed by atoms with Gasteiger partial charge in [-0.15, -0.1) is 11.3 Å². The lowest BCUT2D eigenvalue weighted by atomic mass is 10.1. The molecule has 0 unspecified atom stereocenters. The number of aliphatic hydroxyl groups excluding tert-OH is 1. The van der Waals surface area contributed by atoms with E-state index in [1.807, 2.05) is 30.3 Å². The number of methoxy groups -OCH3 is 1. The Hall–Kier alpha value is -3.23. The fraction of sp³-hybridized carbons (Fsp3) is 0.227. The summed E-state index contributed by atoms with van der Waals surface area (Å²) in [5, 5.41) is 10.3. The van der Waals surface area contributed by atoms with Crippen molar-refractivity contribution in [3.05, 3.63) is 42.5 Å². The molecule has 0 radical (unpaired) electrons. The van der Waals surface area contributed by atoms with E-state index in [2.05, 4.69) is 4.98 Å². The van der Waals surface area contributed by atoms with E-state index >= 15 is 0 Å². The Morgan fingerprint density at radius 1 is 1.20 bits per heavy atom. The molecular formula is C22H21NO6S. The highest BCUT2D eigenvalue weighted by atomic mass is 32.1. The monoisotopic (exact) mass is 427 g/mol. The van der Waals surface area contributed by atoms with Crippen LogP contribution in [-0.4, -0.2) is 43.2 Å². The topological polar surface area (TPSA) is 90.0 Å². The first-order chi connectivity index (χ1) is 14.7. The zero-order valence-corrected chi connectivity index (χ0v) is 17.4. The van der Waals surface area contributed by atoms with Crippen LogP contribution in [0.3, 0.4) is 0 Å². The molecule has 0 amide bonds. The number of fused-ring (bicyclic) bond motifs is 3. The maximum absolute atomic E-state index is 12.1. The first-order valence-corrected chi connectivity index (χ1v) is 10.3. The van der Waals surface area contributed by atoms with Crippen LogP contribution in [-0.2, 0) is 4.74 Å². The van der Waals surface area contributed by atoms with Gasteiger partial charge < -0.3 is 29.0 Å². The molecule has 0 bridgehead atoms. The van der Waals surface area contributed by atoms with Gasteiger partial charge in [0.15, 0.2) is 0 Å². The lowest BCUT2D eigenvalue weighted by Gasteiger charge is -2.13. The molecule has 2 heterocycles. The molecule has 0 fully saturated rings. The Bertz CT molecular complexity index is 1200. The van der Waals surface area contributed by atoms with Crippen molar-refractivity contribution < 1.29 is 28.8 Å². The van der Waals surface area contributed by atoms with Crippen LogP contribution in [0.5, 0.6) is 17.4 Å². The predicted molar refractivity (Wildman–Crippen MR) is 116 cm³/mol. The summed E-state index contributed by atoms with van der Waals surface area (Å²) in [6.45, 7) is 1.91. The molecule has 0 saturated carbocycles. The maximum atomic E-state index is 12.1. The molecular weight excluding hydrogens is 406 g/mol. The van der Waals surface area contributed by atoms with Crippen molar-refractivity contribution in [1.29, 1.82) is 0 Å². The van der Waals surface area contributed by atoms with Crippen LogP contribution in [0.25, 0.3) is 31.4 Å². The third-order valence-corrected chi connectivity index (χ3v) is 5.73. The number of ether oxygens (including phenoxy) is 4. The van der Waals surface area contributed by atoms with Crippen molar-refractivity contribution in [2.75, 3.05) is 26.9 Å². The Kier molecular flexibility index (Phi) is 5.78. The van der Waals surface area contributed by atoms with Gasteiger partial charge in [0, 0.05) is 21.7 Å². The number of hydrogen-bond acceptors (Lipinski definition) is 7. The number of carbonyl (C=O) groups excluding carboxylic acids is 1. The van der Waals surface area contributed by atoms with Gasteiger partial charge in [0.1, 0.15) is 18.1 Å². The average Bonchev–Trinajstić information content (AvgIpc) is 3.27. The SMILES string of the molecule is CCOC(=O)Oc1[nH]c2c(sc3ccccc32)c1-c1ccc(OC)cc1OCCO. The number of thiophene rings is 1. The Balaban J connectivity index is 1.94. The average molecular weight is 427 g/mol. The third-order valence-electron chi connectivity index (χ3n) is 4.54. The molecule has 0 aliphatic carbocycles. The van der Waals surface area contributed by atoms with E-state index in [4.69, 9.17) is 18.9 Å². The van der Waals surface area contributed by atoms with Crippen molar-refractivity contribution in [1.82, 2.24) is 4.98 Å². The molecule has 7 nitrogen and oxygen atoms in total. The van der Waals surface area contributed by atoms with Gasteiger partial charge >= 0.3 is 6.16 Å². The van der Waals surface area contributed by atoms with Crippen LogP contribution < -0.4 is 14.2 Å². The fourth-order valence-corrected chi connectivity index (χ4v) is 4.50. The fourth-order valence-electron chi connectivity index (χ4n) is 3.29. The molecule has 30 heavy (non-hydrogen) atoms. The summed E-state index contributed by atoms with van der Waals surface area (Å²) in [6, 6.07) is 13.4. The van der Waals surface area contributed by atoms with Crippen molar-refractivity contribution in [2.24, 2.45) is 0 Å². The number of aliphatic hydroxyl groups is 1. The Morgan fingerprint density at radius 3 is 2.80 bits per heavy atom. The summed E-state index contributed by atoms with van der Waals surface area (Å²) in [5.74, 6) is 1.40. The lowest BCUT2D eigenvalue weighted by Crippen LogP contribution is -2.11. The molecule has 0 aliphatic heterocycles. The minimum atomic E-state index is -0.789. The first-order valence-electron chi connectivity index (χ1n) is 9.46. The van der Waals surface area contributed by atoms with Gasteiger partial charge in [-0.25, -0.2) is 4.79 Å². The smallest absolute Gasteiger partial charge is 0.497 e. The number of carbonyl (C=O) groups is 1. The number of nitrogens with one attached hydrogen (secondary N) is 1. The molecule has 2 N–H and O–H groups in total. The molecule has 2 aromatic carbocycles. The molecule has 4 rings (SSSR count). The Labute approximate surface area is 176 Å². The first kappa shape index (κ1) is 20.1. The van der Waals surface area contributed by atoms with Gasteiger partial charge in [-0.1, -0.05) is 18.2 Å². The molecule has 8 heteroatoms. The van der Waals surface area contributed by atoms with Crippen LogP contribution in [0.2, 0.25) is 0 Å². The quantitative estimate of drug-likeness (QED) is 0.405. The van der Waals surface area contributed by atoms with E-state index in [1.165, 1.54) is 0 Å². The number of aromatic amines is 1. The van der Waals surface area contributed by atoms with E-state index < -0.39 is 6.16 Å². The second-order valence-electron chi connectivity index (χ2n) is 6.35. The summed E-state index contributed by atoms with van der Waals surface area (Å²) >= 11 is 1.59. The molecule has 2 aromatic heterocycles.